The summed E-state index contributed by atoms with van der Waals surface area (Å²) in [5, 5.41) is 3.43. The first-order chi connectivity index (χ1) is 8.13. The average Bonchev–Trinajstić information content (AvgIpc) is 2.29. The Kier molecular flexibility index (Phi) is 6.78. The van der Waals surface area contributed by atoms with Crippen molar-refractivity contribution in [3.05, 3.63) is 33.8 Å². The van der Waals surface area contributed by atoms with Crippen LogP contribution in [0, 0.1) is 6.92 Å². The zero-order chi connectivity index (χ0) is 12.7. The first-order valence-corrected chi connectivity index (χ1v) is 7.07. The molecule has 0 unspecified atom stereocenters. The molecule has 0 bridgehead atoms. The minimum Gasteiger partial charge on any atom is -0.315 e. The molecule has 0 aliphatic heterocycles. The summed E-state index contributed by atoms with van der Waals surface area (Å²) in [5.41, 5.74) is 2.76. The lowest BCUT2D eigenvalue weighted by molar-refractivity contribution is 0.324. The van der Waals surface area contributed by atoms with E-state index < -0.39 is 0 Å². The Balaban J connectivity index is 2.39. The Morgan fingerprint density at radius 3 is 2.76 bits per heavy atom. The van der Waals surface area contributed by atoms with Gasteiger partial charge in [0.15, 0.2) is 0 Å². The fourth-order valence-electron chi connectivity index (χ4n) is 1.75. The SMILES string of the molecule is CCCNCCN(C)Cc1cc(Br)ccc1C. The van der Waals surface area contributed by atoms with E-state index in [1.54, 1.807) is 0 Å². The minimum absolute atomic E-state index is 1.01. The number of benzene rings is 1. The van der Waals surface area contributed by atoms with E-state index >= 15 is 0 Å². The van der Waals surface area contributed by atoms with E-state index in [2.05, 4.69) is 65.2 Å². The lowest BCUT2D eigenvalue weighted by atomic mass is 10.1. The van der Waals surface area contributed by atoms with Crippen LogP contribution in [-0.4, -0.2) is 31.6 Å². The fraction of sp³-hybridized carbons (Fsp3) is 0.571. The molecule has 0 spiro atoms. The molecule has 0 saturated carbocycles. The Labute approximate surface area is 114 Å². The van der Waals surface area contributed by atoms with E-state index in [1.807, 2.05) is 0 Å². The first-order valence-electron chi connectivity index (χ1n) is 6.27. The Morgan fingerprint density at radius 1 is 1.29 bits per heavy atom. The summed E-state index contributed by atoms with van der Waals surface area (Å²) >= 11 is 3.53. The van der Waals surface area contributed by atoms with Crippen molar-refractivity contribution >= 4 is 15.9 Å². The highest BCUT2D eigenvalue weighted by atomic mass is 79.9. The quantitative estimate of drug-likeness (QED) is 0.778. The second-order valence-electron chi connectivity index (χ2n) is 4.56. The third-order valence-electron chi connectivity index (χ3n) is 2.85. The van der Waals surface area contributed by atoms with Crippen molar-refractivity contribution in [2.24, 2.45) is 0 Å². The number of rotatable bonds is 7. The second kappa shape index (κ2) is 7.85. The second-order valence-corrected chi connectivity index (χ2v) is 5.47. The van der Waals surface area contributed by atoms with Crippen LogP contribution in [0.5, 0.6) is 0 Å². The summed E-state index contributed by atoms with van der Waals surface area (Å²) in [6.45, 7) is 8.65. The zero-order valence-electron chi connectivity index (χ0n) is 11.1. The highest BCUT2D eigenvalue weighted by Crippen LogP contribution is 2.17. The molecule has 0 heterocycles. The molecule has 17 heavy (non-hydrogen) atoms. The van der Waals surface area contributed by atoms with Crippen molar-refractivity contribution in [2.75, 3.05) is 26.7 Å². The van der Waals surface area contributed by atoms with Crippen LogP contribution in [0.2, 0.25) is 0 Å². The molecule has 2 nitrogen and oxygen atoms in total. The molecule has 1 N–H and O–H groups in total. The molecule has 1 aromatic rings. The maximum Gasteiger partial charge on any atom is 0.0234 e. The summed E-state index contributed by atoms with van der Waals surface area (Å²) < 4.78 is 1.16. The van der Waals surface area contributed by atoms with Crippen molar-refractivity contribution < 1.29 is 0 Å². The highest BCUT2D eigenvalue weighted by Gasteiger charge is 2.03. The van der Waals surface area contributed by atoms with Crippen molar-refractivity contribution in [3.8, 4) is 0 Å². The van der Waals surface area contributed by atoms with Crippen LogP contribution >= 0.6 is 15.9 Å². The number of nitrogens with one attached hydrogen (secondary N) is 1. The van der Waals surface area contributed by atoms with Crippen LogP contribution < -0.4 is 5.32 Å². The molecule has 3 heteroatoms. The lowest BCUT2D eigenvalue weighted by Gasteiger charge is -2.18. The first kappa shape index (κ1) is 14.7. The van der Waals surface area contributed by atoms with E-state index in [9.17, 15) is 0 Å². The maximum atomic E-state index is 3.53. The minimum atomic E-state index is 1.01. The van der Waals surface area contributed by atoms with Gasteiger partial charge in [-0.15, -0.1) is 0 Å². The normalized spacial score (nSPS) is 11.1. The molecule has 96 valence electrons. The van der Waals surface area contributed by atoms with Crippen LogP contribution in [0.3, 0.4) is 0 Å². The molecule has 0 aromatic heterocycles. The van der Waals surface area contributed by atoms with Crippen molar-refractivity contribution in [1.29, 1.82) is 0 Å². The monoisotopic (exact) mass is 298 g/mol. The molecule has 0 radical (unpaired) electrons. The third-order valence-corrected chi connectivity index (χ3v) is 3.34. The fourth-order valence-corrected chi connectivity index (χ4v) is 2.16. The van der Waals surface area contributed by atoms with E-state index in [0.29, 0.717) is 0 Å². The van der Waals surface area contributed by atoms with Crippen molar-refractivity contribution in [2.45, 2.75) is 26.8 Å². The summed E-state index contributed by atoms with van der Waals surface area (Å²) in [6.07, 6.45) is 1.20. The number of likely N-dealkylation sites (N-methyl/N-ethyl adjacent to an activating group) is 1. The van der Waals surface area contributed by atoms with E-state index in [-0.39, 0.29) is 0 Å². The van der Waals surface area contributed by atoms with Crippen LogP contribution in [-0.2, 0) is 6.54 Å². The van der Waals surface area contributed by atoms with Gasteiger partial charge in [-0.25, -0.2) is 0 Å². The molecular weight excluding hydrogens is 276 g/mol. The Hall–Kier alpha value is -0.380. The van der Waals surface area contributed by atoms with Crippen molar-refractivity contribution in [1.82, 2.24) is 10.2 Å². The molecule has 0 atom stereocenters. The molecule has 0 amide bonds. The summed E-state index contributed by atoms with van der Waals surface area (Å²) in [4.78, 5) is 2.36. The smallest absolute Gasteiger partial charge is 0.0234 e. The predicted molar refractivity (Wildman–Crippen MR) is 78.4 cm³/mol. The standard InChI is InChI=1S/C14H23BrN2/c1-4-7-16-8-9-17(3)11-13-10-14(15)6-5-12(13)2/h5-6,10,16H,4,7-9,11H2,1-3H3. The third kappa shape index (κ3) is 5.66. The van der Waals surface area contributed by atoms with Gasteiger partial charge >= 0.3 is 0 Å². The molecule has 0 saturated heterocycles. The topological polar surface area (TPSA) is 15.3 Å². The van der Waals surface area contributed by atoms with Gasteiger partial charge in [-0.05, 0) is 50.2 Å². The number of hydrogen-bond donors (Lipinski definition) is 1. The van der Waals surface area contributed by atoms with Gasteiger partial charge in [0.05, 0.1) is 0 Å². The van der Waals surface area contributed by atoms with E-state index in [4.69, 9.17) is 0 Å². The van der Waals surface area contributed by atoms with Gasteiger partial charge in [-0.1, -0.05) is 28.9 Å². The highest BCUT2D eigenvalue weighted by molar-refractivity contribution is 9.10. The summed E-state index contributed by atoms with van der Waals surface area (Å²) in [7, 11) is 2.17. The lowest BCUT2D eigenvalue weighted by Crippen LogP contribution is -2.29. The van der Waals surface area contributed by atoms with Crippen LogP contribution in [0.4, 0.5) is 0 Å². The van der Waals surface area contributed by atoms with Crippen molar-refractivity contribution in [3.63, 3.8) is 0 Å². The zero-order valence-corrected chi connectivity index (χ0v) is 12.7. The molecule has 0 fully saturated rings. The number of hydrogen-bond acceptors (Lipinski definition) is 2. The van der Waals surface area contributed by atoms with Gasteiger partial charge < -0.3 is 10.2 Å². The number of halogens is 1. The van der Waals surface area contributed by atoms with Gasteiger partial charge in [0.25, 0.3) is 0 Å². The summed E-state index contributed by atoms with van der Waals surface area (Å²) in [6, 6.07) is 6.48. The largest absolute Gasteiger partial charge is 0.315 e. The van der Waals surface area contributed by atoms with Gasteiger partial charge in [0.1, 0.15) is 0 Å². The number of nitrogens with zero attached hydrogens (tertiary/aromatic N) is 1. The molecule has 1 rings (SSSR count). The van der Waals surface area contributed by atoms with Gasteiger partial charge in [0.2, 0.25) is 0 Å². The van der Waals surface area contributed by atoms with Gasteiger partial charge in [-0.2, -0.15) is 0 Å². The molecule has 0 aliphatic carbocycles. The number of aryl methyl sites for hydroxylation is 1. The average molecular weight is 299 g/mol. The predicted octanol–water partition coefficient (Wildman–Crippen LogP) is 3.19. The van der Waals surface area contributed by atoms with E-state index in [1.165, 1.54) is 17.5 Å². The van der Waals surface area contributed by atoms with E-state index in [0.717, 1.165) is 30.7 Å². The van der Waals surface area contributed by atoms with Crippen LogP contribution in [0.15, 0.2) is 22.7 Å². The van der Waals surface area contributed by atoms with Crippen LogP contribution in [0.1, 0.15) is 24.5 Å². The maximum absolute atomic E-state index is 3.53. The molecular formula is C14H23BrN2. The molecule has 1 aromatic carbocycles. The van der Waals surface area contributed by atoms with Gasteiger partial charge in [0, 0.05) is 24.1 Å². The Bertz CT molecular complexity index is 339. The Morgan fingerprint density at radius 2 is 2.06 bits per heavy atom. The van der Waals surface area contributed by atoms with Crippen LogP contribution in [0.25, 0.3) is 0 Å². The van der Waals surface area contributed by atoms with Gasteiger partial charge in [-0.3, -0.25) is 0 Å². The molecule has 0 aliphatic rings. The summed E-state index contributed by atoms with van der Waals surface area (Å²) in [5.74, 6) is 0.